The van der Waals surface area contributed by atoms with E-state index in [2.05, 4.69) is 30.7 Å². The number of amides is 1. The van der Waals surface area contributed by atoms with Gasteiger partial charge in [-0.05, 0) is 26.7 Å². The van der Waals surface area contributed by atoms with Crippen LogP contribution in [0.25, 0.3) is 11.2 Å². The molecular weight excluding hydrogens is 365 g/mol. The molecule has 0 spiro atoms. The van der Waals surface area contributed by atoms with Crippen LogP contribution in [0.2, 0.25) is 0 Å². The fourth-order valence-corrected chi connectivity index (χ4v) is 3.26. The maximum absolute atomic E-state index is 13.1. The zero-order valence-electron chi connectivity index (χ0n) is 15.7. The summed E-state index contributed by atoms with van der Waals surface area (Å²) in [7, 11) is 0. The lowest BCUT2D eigenvalue weighted by Gasteiger charge is -2.30. The highest BCUT2D eigenvalue weighted by Gasteiger charge is 2.30. The Balaban J connectivity index is 1.54. The number of aryl methyl sites for hydroxylation is 2. The second kappa shape index (κ2) is 7.06. The van der Waals surface area contributed by atoms with Crippen molar-refractivity contribution in [1.29, 1.82) is 0 Å². The summed E-state index contributed by atoms with van der Waals surface area (Å²) in [4.78, 5) is 25.2. The third kappa shape index (κ3) is 3.47. The van der Waals surface area contributed by atoms with E-state index in [4.69, 9.17) is 5.73 Å². The third-order valence-electron chi connectivity index (χ3n) is 4.69. The molecule has 0 aromatic carbocycles. The van der Waals surface area contributed by atoms with Crippen LogP contribution in [0.1, 0.15) is 25.5 Å². The quantitative estimate of drug-likeness (QED) is 0.584. The van der Waals surface area contributed by atoms with Crippen molar-refractivity contribution in [2.45, 2.75) is 52.0 Å². The summed E-state index contributed by atoms with van der Waals surface area (Å²) in [5.74, 6) is 0.919. The summed E-state index contributed by atoms with van der Waals surface area (Å²) in [6.07, 6.45) is 1.59. The lowest BCUT2D eigenvalue weighted by Crippen LogP contribution is -2.37. The van der Waals surface area contributed by atoms with E-state index >= 15 is 0 Å². The second-order valence-corrected chi connectivity index (χ2v) is 6.92. The Bertz CT molecular complexity index is 1020. The van der Waals surface area contributed by atoms with E-state index in [1.165, 1.54) is 6.33 Å². The SMILES string of the molecule is CCn1nc(C)cc1NC(=O)Cn1cnc2c(NC3CC(F)C3)nc(N)nc21. The predicted octanol–water partition coefficient (Wildman–Crippen LogP) is 1.48. The molecule has 4 N–H and O–H groups in total. The summed E-state index contributed by atoms with van der Waals surface area (Å²) in [6.45, 7) is 4.48. The predicted molar refractivity (Wildman–Crippen MR) is 103 cm³/mol. The number of fused-ring (bicyclic) bond motifs is 1. The van der Waals surface area contributed by atoms with Gasteiger partial charge in [0.05, 0.1) is 12.0 Å². The fourth-order valence-electron chi connectivity index (χ4n) is 3.26. The molecule has 1 saturated carbocycles. The Morgan fingerprint density at radius 2 is 2.18 bits per heavy atom. The number of rotatable bonds is 6. The van der Waals surface area contributed by atoms with E-state index < -0.39 is 6.17 Å². The Labute approximate surface area is 160 Å². The van der Waals surface area contributed by atoms with Gasteiger partial charge in [-0.25, -0.2) is 14.1 Å². The van der Waals surface area contributed by atoms with Crippen LogP contribution in [0, 0.1) is 6.92 Å². The number of carbonyl (C=O) groups excluding carboxylic acids is 1. The van der Waals surface area contributed by atoms with Gasteiger partial charge < -0.3 is 20.9 Å². The smallest absolute Gasteiger partial charge is 0.245 e. The lowest BCUT2D eigenvalue weighted by molar-refractivity contribution is -0.116. The van der Waals surface area contributed by atoms with Crippen molar-refractivity contribution >= 4 is 34.7 Å². The summed E-state index contributed by atoms with van der Waals surface area (Å²) >= 11 is 0. The number of imidazole rings is 1. The number of aromatic nitrogens is 6. The van der Waals surface area contributed by atoms with Crippen LogP contribution in [0.5, 0.6) is 0 Å². The molecule has 1 aliphatic carbocycles. The van der Waals surface area contributed by atoms with E-state index in [0.29, 0.717) is 42.2 Å². The second-order valence-electron chi connectivity index (χ2n) is 6.92. The number of nitrogen functional groups attached to an aromatic ring is 1. The summed E-state index contributed by atoms with van der Waals surface area (Å²) in [6, 6.07) is 1.81. The highest BCUT2D eigenvalue weighted by molar-refractivity contribution is 5.91. The number of hydrogen-bond acceptors (Lipinski definition) is 7. The van der Waals surface area contributed by atoms with Crippen LogP contribution in [-0.2, 0) is 17.9 Å². The van der Waals surface area contributed by atoms with Crippen molar-refractivity contribution in [2.24, 2.45) is 0 Å². The van der Waals surface area contributed by atoms with Crippen molar-refractivity contribution in [3.8, 4) is 0 Å². The molecule has 0 saturated heterocycles. The van der Waals surface area contributed by atoms with E-state index in [-0.39, 0.29) is 24.4 Å². The first-order valence-electron chi connectivity index (χ1n) is 9.16. The van der Waals surface area contributed by atoms with Gasteiger partial charge in [-0.1, -0.05) is 0 Å². The van der Waals surface area contributed by atoms with E-state index in [0.717, 1.165) is 5.69 Å². The van der Waals surface area contributed by atoms with Crippen LogP contribution in [-0.4, -0.2) is 47.4 Å². The Morgan fingerprint density at radius 3 is 2.89 bits per heavy atom. The van der Waals surface area contributed by atoms with E-state index in [1.54, 1.807) is 9.25 Å². The highest BCUT2D eigenvalue weighted by atomic mass is 19.1. The van der Waals surface area contributed by atoms with Crippen molar-refractivity contribution in [3.05, 3.63) is 18.1 Å². The normalized spacial score (nSPS) is 18.8. The number of nitrogens with zero attached hydrogens (tertiary/aromatic N) is 6. The van der Waals surface area contributed by atoms with Gasteiger partial charge in [0.25, 0.3) is 0 Å². The number of nitrogens with one attached hydrogen (secondary N) is 2. The molecule has 3 aromatic heterocycles. The molecule has 28 heavy (non-hydrogen) atoms. The average molecular weight is 387 g/mol. The first-order chi connectivity index (χ1) is 13.4. The molecule has 148 valence electrons. The molecular formula is C17H22FN9O. The maximum Gasteiger partial charge on any atom is 0.245 e. The summed E-state index contributed by atoms with van der Waals surface area (Å²) in [5.41, 5.74) is 7.59. The van der Waals surface area contributed by atoms with Gasteiger partial charge in [0.15, 0.2) is 17.0 Å². The molecule has 3 heterocycles. The van der Waals surface area contributed by atoms with E-state index in [9.17, 15) is 9.18 Å². The summed E-state index contributed by atoms with van der Waals surface area (Å²) < 4.78 is 16.4. The topological polar surface area (TPSA) is 129 Å². The average Bonchev–Trinajstić information content (AvgIpc) is 3.16. The van der Waals surface area contributed by atoms with Crippen LogP contribution in [0.3, 0.4) is 0 Å². The molecule has 11 heteroatoms. The minimum absolute atomic E-state index is 0.00137. The fraction of sp³-hybridized carbons (Fsp3) is 0.471. The van der Waals surface area contributed by atoms with Gasteiger partial charge in [0, 0.05) is 18.7 Å². The maximum atomic E-state index is 13.1. The summed E-state index contributed by atoms with van der Waals surface area (Å²) in [5, 5.41) is 10.3. The van der Waals surface area contributed by atoms with Gasteiger partial charge in [-0.2, -0.15) is 15.1 Å². The molecule has 1 amide bonds. The molecule has 0 aliphatic heterocycles. The molecule has 0 radical (unpaired) electrons. The van der Waals surface area contributed by atoms with Gasteiger partial charge in [0.2, 0.25) is 11.9 Å². The lowest BCUT2D eigenvalue weighted by atomic mass is 9.91. The number of carbonyl (C=O) groups is 1. The number of alkyl halides is 1. The highest BCUT2D eigenvalue weighted by Crippen LogP contribution is 2.28. The van der Waals surface area contributed by atoms with Crippen molar-refractivity contribution in [1.82, 2.24) is 29.3 Å². The molecule has 0 bridgehead atoms. The minimum Gasteiger partial charge on any atom is -0.368 e. The van der Waals surface area contributed by atoms with Crippen LogP contribution >= 0.6 is 0 Å². The van der Waals surface area contributed by atoms with Crippen LogP contribution < -0.4 is 16.4 Å². The number of hydrogen-bond donors (Lipinski definition) is 3. The van der Waals surface area contributed by atoms with Crippen LogP contribution in [0.15, 0.2) is 12.4 Å². The number of halogens is 1. The third-order valence-corrected chi connectivity index (χ3v) is 4.69. The van der Waals surface area contributed by atoms with Crippen molar-refractivity contribution < 1.29 is 9.18 Å². The molecule has 3 aromatic rings. The molecule has 4 rings (SSSR count). The number of nitrogens with two attached hydrogens (primary N) is 1. The molecule has 0 unspecified atom stereocenters. The zero-order valence-corrected chi connectivity index (χ0v) is 15.7. The monoisotopic (exact) mass is 387 g/mol. The molecule has 10 nitrogen and oxygen atoms in total. The molecule has 0 atom stereocenters. The van der Waals surface area contributed by atoms with Gasteiger partial charge in [-0.15, -0.1) is 0 Å². The molecule has 1 aliphatic rings. The Hall–Kier alpha value is -3.24. The minimum atomic E-state index is -0.784. The van der Waals surface area contributed by atoms with Crippen LogP contribution in [0.4, 0.5) is 22.0 Å². The molecule has 1 fully saturated rings. The van der Waals surface area contributed by atoms with Crippen molar-refractivity contribution in [3.63, 3.8) is 0 Å². The standard InChI is InChI=1S/C17H22FN9O/c1-3-27-12(4-9(2)25-27)22-13(28)7-26-8-20-14-15(21-11-5-10(18)6-11)23-17(19)24-16(14)26/h4,8,10-11H,3,5-7H2,1-2H3,(H,22,28)(H3,19,21,23,24). The first-order valence-corrected chi connectivity index (χ1v) is 9.16. The Kier molecular flexibility index (Phi) is 4.57. The largest absolute Gasteiger partial charge is 0.368 e. The van der Waals surface area contributed by atoms with Crippen molar-refractivity contribution in [2.75, 3.05) is 16.4 Å². The number of anilines is 3. The van der Waals surface area contributed by atoms with E-state index in [1.807, 2.05) is 19.9 Å². The van der Waals surface area contributed by atoms with Gasteiger partial charge >= 0.3 is 0 Å². The Morgan fingerprint density at radius 1 is 1.39 bits per heavy atom. The van der Waals surface area contributed by atoms with Gasteiger partial charge in [0.1, 0.15) is 18.5 Å². The van der Waals surface area contributed by atoms with Gasteiger partial charge in [-0.3, -0.25) is 4.79 Å². The zero-order chi connectivity index (χ0) is 19.8. The first kappa shape index (κ1) is 18.1.